The Morgan fingerprint density at radius 3 is 2.68 bits per heavy atom. The van der Waals surface area contributed by atoms with Gasteiger partial charge in [-0.1, -0.05) is 48.5 Å². The van der Waals surface area contributed by atoms with Crippen LogP contribution in [0.3, 0.4) is 0 Å². The number of para-hydroxylation sites is 1. The van der Waals surface area contributed by atoms with Crippen molar-refractivity contribution in [2.75, 3.05) is 17.6 Å². The number of aryl methyl sites for hydroxylation is 1. The highest BCUT2D eigenvalue weighted by atomic mass is 16.5. The topological polar surface area (TPSA) is 86.0 Å². The minimum Gasteiger partial charge on any atom is -0.435 e. The maximum Gasteiger partial charge on any atom is 0.248 e. The summed E-state index contributed by atoms with van der Waals surface area (Å²) in [6.45, 7) is 2.66. The van der Waals surface area contributed by atoms with Gasteiger partial charge in [0.2, 0.25) is 5.88 Å². The summed E-state index contributed by atoms with van der Waals surface area (Å²) in [4.78, 5) is 13.0. The molecular formula is C22H21N5O. The molecule has 0 saturated heterocycles. The van der Waals surface area contributed by atoms with Gasteiger partial charge in [-0.3, -0.25) is 0 Å². The standard InChI is InChI=1S/C22H21N5O/c1-15-10-11-17-8-5-9-18(20(17)27-15)28-22-19(23)21(25-14-26-22)24-13-12-16-6-3-2-4-7-16/h2-11,14H,12-13,23H2,1H3,(H,24,25,26). The molecule has 0 aliphatic carbocycles. The summed E-state index contributed by atoms with van der Waals surface area (Å²) in [5.74, 6) is 1.49. The van der Waals surface area contributed by atoms with Crippen LogP contribution in [-0.2, 0) is 6.42 Å². The molecule has 140 valence electrons. The number of aromatic nitrogens is 3. The molecular weight excluding hydrogens is 350 g/mol. The Morgan fingerprint density at radius 1 is 0.964 bits per heavy atom. The van der Waals surface area contributed by atoms with Gasteiger partial charge < -0.3 is 15.8 Å². The van der Waals surface area contributed by atoms with E-state index >= 15 is 0 Å². The zero-order chi connectivity index (χ0) is 19.3. The van der Waals surface area contributed by atoms with Gasteiger partial charge in [-0.25, -0.2) is 9.97 Å². The number of hydrogen-bond donors (Lipinski definition) is 2. The second-order valence-electron chi connectivity index (χ2n) is 6.49. The summed E-state index contributed by atoms with van der Waals surface area (Å²) in [6, 6.07) is 20.0. The normalized spacial score (nSPS) is 10.8. The van der Waals surface area contributed by atoms with Crippen molar-refractivity contribution in [3.63, 3.8) is 0 Å². The third kappa shape index (κ3) is 3.86. The smallest absolute Gasteiger partial charge is 0.248 e. The van der Waals surface area contributed by atoms with Crippen molar-refractivity contribution in [2.24, 2.45) is 0 Å². The van der Waals surface area contributed by atoms with Crippen LogP contribution >= 0.6 is 0 Å². The first-order valence-electron chi connectivity index (χ1n) is 9.13. The van der Waals surface area contributed by atoms with Crippen molar-refractivity contribution < 1.29 is 4.74 Å². The number of rotatable bonds is 6. The fourth-order valence-corrected chi connectivity index (χ4v) is 2.98. The monoisotopic (exact) mass is 371 g/mol. The van der Waals surface area contributed by atoms with Crippen molar-refractivity contribution >= 4 is 22.4 Å². The lowest BCUT2D eigenvalue weighted by Gasteiger charge is -2.13. The van der Waals surface area contributed by atoms with E-state index < -0.39 is 0 Å². The minimum atomic E-state index is 0.313. The van der Waals surface area contributed by atoms with Gasteiger partial charge in [-0.2, -0.15) is 4.98 Å². The van der Waals surface area contributed by atoms with E-state index in [-0.39, 0.29) is 0 Å². The van der Waals surface area contributed by atoms with Crippen molar-refractivity contribution in [2.45, 2.75) is 13.3 Å². The number of hydrogen-bond acceptors (Lipinski definition) is 6. The van der Waals surface area contributed by atoms with Gasteiger partial charge in [-0.05, 0) is 31.0 Å². The SMILES string of the molecule is Cc1ccc2cccc(Oc3ncnc(NCCc4ccccc4)c3N)c2n1. The van der Waals surface area contributed by atoms with Crippen LogP contribution in [0.1, 0.15) is 11.3 Å². The molecule has 0 aliphatic heterocycles. The highest BCUT2D eigenvalue weighted by Crippen LogP contribution is 2.32. The number of nitrogens with zero attached hydrogens (tertiary/aromatic N) is 3. The Morgan fingerprint density at radius 2 is 1.82 bits per heavy atom. The lowest BCUT2D eigenvalue weighted by atomic mass is 10.1. The molecule has 28 heavy (non-hydrogen) atoms. The van der Waals surface area contributed by atoms with E-state index in [1.807, 2.05) is 55.5 Å². The second kappa shape index (κ2) is 7.92. The van der Waals surface area contributed by atoms with Gasteiger partial charge in [0.15, 0.2) is 11.6 Å². The van der Waals surface area contributed by atoms with E-state index in [0.717, 1.165) is 23.0 Å². The summed E-state index contributed by atoms with van der Waals surface area (Å²) in [5.41, 5.74) is 9.57. The maximum atomic E-state index is 6.25. The Hall–Kier alpha value is -3.67. The molecule has 0 fully saturated rings. The zero-order valence-electron chi connectivity index (χ0n) is 15.6. The molecule has 0 aliphatic rings. The van der Waals surface area contributed by atoms with Gasteiger partial charge in [0, 0.05) is 17.6 Å². The molecule has 0 amide bonds. The first kappa shape index (κ1) is 17.7. The van der Waals surface area contributed by atoms with Crippen LogP contribution in [0, 0.1) is 6.92 Å². The molecule has 0 bridgehead atoms. The molecule has 0 radical (unpaired) electrons. The van der Waals surface area contributed by atoms with E-state index in [4.69, 9.17) is 10.5 Å². The summed E-state index contributed by atoms with van der Waals surface area (Å²) in [6.07, 6.45) is 2.31. The Labute approximate surface area is 163 Å². The minimum absolute atomic E-state index is 0.313. The molecule has 0 atom stereocenters. The Kier molecular flexibility index (Phi) is 5.01. The summed E-state index contributed by atoms with van der Waals surface area (Å²) in [5, 5.41) is 4.26. The van der Waals surface area contributed by atoms with Gasteiger partial charge in [-0.15, -0.1) is 0 Å². The van der Waals surface area contributed by atoms with Crippen LogP contribution in [0.25, 0.3) is 10.9 Å². The van der Waals surface area contributed by atoms with Crippen molar-refractivity contribution in [3.05, 3.63) is 78.2 Å². The van der Waals surface area contributed by atoms with Gasteiger partial charge in [0.25, 0.3) is 0 Å². The van der Waals surface area contributed by atoms with E-state index in [0.29, 0.717) is 29.7 Å². The number of benzene rings is 2. The zero-order valence-corrected chi connectivity index (χ0v) is 15.6. The fraction of sp³-hybridized carbons (Fsp3) is 0.136. The Balaban J connectivity index is 1.53. The molecule has 4 aromatic rings. The molecule has 0 spiro atoms. The number of nitrogens with two attached hydrogens (primary N) is 1. The second-order valence-corrected chi connectivity index (χ2v) is 6.49. The van der Waals surface area contributed by atoms with Crippen molar-refractivity contribution in [3.8, 4) is 11.6 Å². The molecule has 2 aromatic carbocycles. The van der Waals surface area contributed by atoms with Crippen LogP contribution in [-0.4, -0.2) is 21.5 Å². The first-order chi connectivity index (χ1) is 13.7. The van der Waals surface area contributed by atoms with Crippen LogP contribution < -0.4 is 15.8 Å². The van der Waals surface area contributed by atoms with Gasteiger partial charge in [0.05, 0.1) is 0 Å². The van der Waals surface area contributed by atoms with E-state index in [1.165, 1.54) is 11.9 Å². The predicted octanol–water partition coefficient (Wildman–Crippen LogP) is 4.36. The lowest BCUT2D eigenvalue weighted by Crippen LogP contribution is -2.10. The summed E-state index contributed by atoms with van der Waals surface area (Å²) in [7, 11) is 0. The van der Waals surface area contributed by atoms with Gasteiger partial charge in [0.1, 0.15) is 17.5 Å². The predicted molar refractivity (Wildman–Crippen MR) is 112 cm³/mol. The number of nitrogen functional groups attached to an aromatic ring is 1. The molecule has 3 N–H and O–H groups in total. The highest BCUT2D eigenvalue weighted by Gasteiger charge is 2.12. The molecule has 0 unspecified atom stereocenters. The molecule has 2 aromatic heterocycles. The largest absolute Gasteiger partial charge is 0.435 e. The molecule has 0 saturated carbocycles. The van der Waals surface area contributed by atoms with E-state index in [2.05, 4.69) is 32.4 Å². The Bertz CT molecular complexity index is 1100. The number of ether oxygens (including phenoxy) is 1. The average Bonchev–Trinajstić information content (AvgIpc) is 2.72. The number of anilines is 2. The van der Waals surface area contributed by atoms with Crippen molar-refractivity contribution in [1.29, 1.82) is 0 Å². The molecule has 2 heterocycles. The van der Waals surface area contributed by atoms with Crippen molar-refractivity contribution in [1.82, 2.24) is 15.0 Å². The third-order valence-electron chi connectivity index (χ3n) is 4.43. The van der Waals surface area contributed by atoms with Crippen LogP contribution in [0.15, 0.2) is 67.0 Å². The molecule has 6 heteroatoms. The number of fused-ring (bicyclic) bond motifs is 1. The van der Waals surface area contributed by atoms with Crippen LogP contribution in [0.2, 0.25) is 0 Å². The van der Waals surface area contributed by atoms with E-state index in [1.54, 1.807) is 0 Å². The molecule has 6 nitrogen and oxygen atoms in total. The maximum absolute atomic E-state index is 6.25. The number of pyridine rings is 1. The lowest BCUT2D eigenvalue weighted by molar-refractivity contribution is 0.468. The van der Waals surface area contributed by atoms with Crippen LogP contribution in [0.5, 0.6) is 11.6 Å². The molecule has 4 rings (SSSR count). The summed E-state index contributed by atoms with van der Waals surface area (Å²) >= 11 is 0. The highest BCUT2D eigenvalue weighted by molar-refractivity contribution is 5.85. The summed E-state index contributed by atoms with van der Waals surface area (Å²) < 4.78 is 6.00. The number of nitrogens with one attached hydrogen (secondary N) is 1. The third-order valence-corrected chi connectivity index (χ3v) is 4.43. The van der Waals surface area contributed by atoms with Gasteiger partial charge >= 0.3 is 0 Å². The quantitative estimate of drug-likeness (QED) is 0.524. The van der Waals surface area contributed by atoms with Crippen LogP contribution in [0.4, 0.5) is 11.5 Å². The fourth-order valence-electron chi connectivity index (χ4n) is 2.98. The first-order valence-corrected chi connectivity index (χ1v) is 9.13. The average molecular weight is 371 g/mol. The van der Waals surface area contributed by atoms with E-state index in [9.17, 15) is 0 Å².